The summed E-state index contributed by atoms with van der Waals surface area (Å²) in [5.74, 6) is -0.745. The maximum atomic E-state index is 15.0. The van der Waals surface area contributed by atoms with E-state index in [1.165, 1.54) is 25.3 Å². The van der Waals surface area contributed by atoms with Crippen LogP contribution < -0.4 is 10.6 Å². The Morgan fingerprint density at radius 2 is 1.55 bits per heavy atom. The molecule has 0 bridgehead atoms. The van der Waals surface area contributed by atoms with E-state index in [1.54, 1.807) is 0 Å². The fourth-order valence-corrected chi connectivity index (χ4v) is 6.14. The third-order valence-corrected chi connectivity index (χ3v) is 8.32. The lowest BCUT2D eigenvalue weighted by Crippen LogP contribution is -2.53. The van der Waals surface area contributed by atoms with Crippen LogP contribution in [0.1, 0.15) is 102 Å². The van der Waals surface area contributed by atoms with E-state index in [1.807, 2.05) is 12.1 Å². The highest BCUT2D eigenvalue weighted by atomic mass is 19.1. The number of carbonyl (C=O) groups excluding carboxylic acids is 1. The molecule has 3 N–H and O–H groups in total. The molecule has 2 aliphatic rings. The van der Waals surface area contributed by atoms with Crippen LogP contribution in [-0.4, -0.2) is 23.1 Å². The van der Waals surface area contributed by atoms with Gasteiger partial charge in [0.15, 0.2) is 0 Å². The van der Waals surface area contributed by atoms with E-state index >= 15 is 4.39 Å². The van der Waals surface area contributed by atoms with Crippen molar-refractivity contribution in [2.45, 2.75) is 116 Å². The Morgan fingerprint density at radius 1 is 0.921 bits per heavy atom. The number of amides is 1. The van der Waals surface area contributed by atoms with Crippen molar-refractivity contribution in [1.82, 2.24) is 5.32 Å². The molecule has 4 nitrogen and oxygen atoms in total. The van der Waals surface area contributed by atoms with Gasteiger partial charge >= 0.3 is 0 Å². The zero-order valence-corrected chi connectivity index (χ0v) is 23.8. The summed E-state index contributed by atoms with van der Waals surface area (Å²) in [4.78, 5) is 13.2. The molecule has 1 amide bonds. The molecule has 0 aromatic heterocycles. The molecule has 38 heavy (non-hydrogen) atoms. The molecule has 2 fully saturated rings. The topological polar surface area (TPSA) is 61.4 Å². The van der Waals surface area contributed by atoms with Gasteiger partial charge in [0.25, 0.3) is 0 Å². The molecule has 3 atom stereocenters. The van der Waals surface area contributed by atoms with E-state index in [0.29, 0.717) is 36.1 Å². The van der Waals surface area contributed by atoms with Crippen LogP contribution in [0.4, 0.5) is 14.5 Å². The summed E-state index contributed by atoms with van der Waals surface area (Å²) < 4.78 is 29.3. The molecule has 0 spiro atoms. The number of halogens is 2. The number of rotatable bonds is 5. The van der Waals surface area contributed by atoms with Crippen molar-refractivity contribution in [1.29, 1.82) is 0 Å². The van der Waals surface area contributed by atoms with Gasteiger partial charge in [0.2, 0.25) is 5.91 Å². The Kier molecular flexibility index (Phi) is 8.23. The van der Waals surface area contributed by atoms with Crippen LogP contribution in [0.15, 0.2) is 24.3 Å². The summed E-state index contributed by atoms with van der Waals surface area (Å²) in [6.45, 7) is 12.3. The summed E-state index contributed by atoms with van der Waals surface area (Å²) in [5.41, 5.74) is 2.64. The number of hydrogen-bond acceptors (Lipinski definition) is 3. The first-order valence-corrected chi connectivity index (χ1v) is 14.2. The zero-order valence-electron chi connectivity index (χ0n) is 23.8. The molecule has 1 saturated carbocycles. The summed E-state index contributed by atoms with van der Waals surface area (Å²) in [5, 5.41) is 17.3. The molecular formula is C32H44F2N2O2. The van der Waals surface area contributed by atoms with Crippen molar-refractivity contribution in [2.24, 2.45) is 5.92 Å². The van der Waals surface area contributed by atoms with Gasteiger partial charge in [-0.15, -0.1) is 0 Å². The second-order valence-corrected chi connectivity index (χ2v) is 13.4. The molecule has 2 aromatic carbocycles. The van der Waals surface area contributed by atoms with E-state index in [9.17, 15) is 14.3 Å². The van der Waals surface area contributed by atoms with Crippen molar-refractivity contribution in [3.63, 3.8) is 0 Å². The first-order chi connectivity index (χ1) is 17.7. The van der Waals surface area contributed by atoms with Gasteiger partial charge in [0.05, 0.1) is 11.7 Å². The van der Waals surface area contributed by atoms with Crippen molar-refractivity contribution in [3.05, 3.63) is 58.2 Å². The third kappa shape index (κ3) is 6.39. The standard InChI is InChI=1S/C32H44F2N2O2/c1-31(2,3)23-15-19(16-24(29(23)37)32(4,5)6)11-12-21-17-22(33)18-25(34)28(21)36-30(38)27-14-13-20-9-7-8-10-26(20)35-27/h15-18,20,26-27,35,37H,7-14H2,1-6H3,(H,36,38)/t20-,26?,27+/m1/s1. The van der Waals surface area contributed by atoms with E-state index in [-0.39, 0.29) is 28.5 Å². The summed E-state index contributed by atoms with van der Waals surface area (Å²) in [6, 6.07) is 6.11. The maximum absolute atomic E-state index is 15.0. The second kappa shape index (κ2) is 11.0. The SMILES string of the molecule is CC(C)(C)c1cc(CCc2cc(F)cc(F)c2NC(=O)[C@@H]2CC[C@H]3CCCCC3N2)cc(C(C)(C)C)c1O. The van der Waals surface area contributed by atoms with Crippen LogP contribution in [-0.2, 0) is 28.5 Å². The van der Waals surface area contributed by atoms with Crippen LogP contribution in [0.5, 0.6) is 5.75 Å². The van der Waals surface area contributed by atoms with E-state index in [4.69, 9.17) is 0 Å². The van der Waals surface area contributed by atoms with E-state index < -0.39 is 11.6 Å². The molecule has 2 aromatic rings. The zero-order chi connectivity index (χ0) is 27.8. The minimum Gasteiger partial charge on any atom is -0.507 e. The number of aryl methyl sites for hydroxylation is 2. The average Bonchev–Trinajstić information content (AvgIpc) is 2.83. The third-order valence-electron chi connectivity index (χ3n) is 8.32. The van der Waals surface area contributed by atoms with E-state index in [2.05, 4.69) is 52.2 Å². The van der Waals surface area contributed by atoms with Gasteiger partial charge in [0, 0.05) is 12.1 Å². The molecule has 6 heteroatoms. The van der Waals surface area contributed by atoms with Crippen LogP contribution in [0, 0.1) is 17.6 Å². The van der Waals surface area contributed by atoms with Gasteiger partial charge in [-0.25, -0.2) is 8.78 Å². The first kappa shape index (κ1) is 28.5. The Bertz CT molecular complexity index is 1140. The number of aromatic hydroxyl groups is 1. The lowest BCUT2D eigenvalue weighted by Gasteiger charge is -2.39. The molecule has 1 unspecified atom stereocenters. The Labute approximate surface area is 226 Å². The van der Waals surface area contributed by atoms with Crippen molar-refractivity contribution in [2.75, 3.05) is 5.32 Å². The molecule has 1 aliphatic carbocycles. The largest absolute Gasteiger partial charge is 0.507 e. The number of hydrogen-bond donors (Lipinski definition) is 3. The van der Waals surface area contributed by atoms with Gasteiger partial charge in [-0.05, 0) is 83.6 Å². The molecule has 1 saturated heterocycles. The fourth-order valence-electron chi connectivity index (χ4n) is 6.14. The number of nitrogens with one attached hydrogen (secondary N) is 2. The van der Waals surface area contributed by atoms with Crippen LogP contribution >= 0.6 is 0 Å². The maximum Gasteiger partial charge on any atom is 0.241 e. The lowest BCUT2D eigenvalue weighted by atomic mass is 9.77. The molecule has 4 rings (SSSR count). The summed E-state index contributed by atoms with van der Waals surface area (Å²) in [7, 11) is 0. The molecule has 1 heterocycles. The van der Waals surface area contributed by atoms with Crippen molar-refractivity contribution < 1.29 is 18.7 Å². The smallest absolute Gasteiger partial charge is 0.241 e. The molecular weight excluding hydrogens is 482 g/mol. The Hall–Kier alpha value is -2.47. The lowest BCUT2D eigenvalue weighted by molar-refractivity contribution is -0.119. The van der Waals surface area contributed by atoms with Crippen LogP contribution in [0.2, 0.25) is 0 Å². The number of piperidine rings is 1. The highest BCUT2D eigenvalue weighted by Crippen LogP contribution is 2.40. The average molecular weight is 527 g/mol. The van der Waals surface area contributed by atoms with Crippen molar-refractivity contribution >= 4 is 11.6 Å². The number of carbonyl (C=O) groups is 1. The van der Waals surface area contributed by atoms with Crippen LogP contribution in [0.3, 0.4) is 0 Å². The quantitative estimate of drug-likeness (QED) is 0.383. The predicted octanol–water partition coefficient (Wildman–Crippen LogP) is 7.30. The van der Waals surface area contributed by atoms with Gasteiger partial charge in [-0.2, -0.15) is 0 Å². The molecule has 208 valence electrons. The highest BCUT2D eigenvalue weighted by molar-refractivity contribution is 5.95. The molecule has 1 aliphatic heterocycles. The van der Waals surface area contributed by atoms with E-state index in [0.717, 1.165) is 42.0 Å². The van der Waals surface area contributed by atoms with Crippen molar-refractivity contribution in [3.8, 4) is 5.75 Å². The fraction of sp³-hybridized carbons (Fsp3) is 0.594. The summed E-state index contributed by atoms with van der Waals surface area (Å²) >= 11 is 0. The van der Waals surface area contributed by atoms with Gasteiger partial charge in [-0.3, -0.25) is 4.79 Å². The predicted molar refractivity (Wildman–Crippen MR) is 150 cm³/mol. The van der Waals surface area contributed by atoms with Gasteiger partial charge in [-0.1, -0.05) is 66.5 Å². The second-order valence-electron chi connectivity index (χ2n) is 13.4. The normalized spacial score (nSPS) is 22.2. The Balaban J connectivity index is 1.56. The highest BCUT2D eigenvalue weighted by Gasteiger charge is 2.35. The number of benzene rings is 2. The monoisotopic (exact) mass is 526 g/mol. The van der Waals surface area contributed by atoms with Gasteiger partial charge in [0.1, 0.15) is 17.4 Å². The number of phenolic OH excluding ortho intramolecular Hbond substituents is 1. The number of phenols is 1. The number of fused-ring (bicyclic) bond motifs is 1. The van der Waals surface area contributed by atoms with Gasteiger partial charge < -0.3 is 15.7 Å². The van der Waals surface area contributed by atoms with Crippen LogP contribution in [0.25, 0.3) is 0 Å². The Morgan fingerprint density at radius 3 is 2.18 bits per heavy atom. The first-order valence-electron chi connectivity index (χ1n) is 14.2. The molecule has 0 radical (unpaired) electrons. The minimum atomic E-state index is -0.754. The summed E-state index contributed by atoms with van der Waals surface area (Å²) in [6.07, 6.45) is 7.29. The number of anilines is 1. The minimum absolute atomic E-state index is 0.0647.